The fourth-order valence-electron chi connectivity index (χ4n) is 1.51. The van der Waals surface area contributed by atoms with Gasteiger partial charge in [0.2, 0.25) is 0 Å². The summed E-state index contributed by atoms with van der Waals surface area (Å²) in [5.41, 5.74) is 1.28. The summed E-state index contributed by atoms with van der Waals surface area (Å²) in [6.45, 7) is 1.23. The number of aromatic amines is 1. The number of methoxy groups -OCH3 is 1. The van der Waals surface area contributed by atoms with Crippen molar-refractivity contribution in [3.8, 4) is 10.6 Å². The first-order chi connectivity index (χ1) is 8.81. The summed E-state index contributed by atoms with van der Waals surface area (Å²) in [5, 5.41) is 11.7. The zero-order valence-electron chi connectivity index (χ0n) is 10.1. The van der Waals surface area contributed by atoms with Crippen LogP contribution in [-0.2, 0) is 4.74 Å². The van der Waals surface area contributed by atoms with Crippen LogP contribution in [0.15, 0.2) is 23.6 Å². The Morgan fingerprint density at radius 1 is 1.61 bits per heavy atom. The van der Waals surface area contributed by atoms with Gasteiger partial charge in [-0.3, -0.25) is 9.89 Å². The van der Waals surface area contributed by atoms with Gasteiger partial charge in [-0.05, 0) is 23.9 Å². The molecule has 6 heteroatoms. The van der Waals surface area contributed by atoms with E-state index >= 15 is 0 Å². The molecular weight excluding hydrogens is 250 g/mol. The van der Waals surface area contributed by atoms with Crippen molar-refractivity contribution in [2.24, 2.45) is 0 Å². The van der Waals surface area contributed by atoms with Crippen molar-refractivity contribution in [1.82, 2.24) is 15.5 Å². The monoisotopic (exact) mass is 265 g/mol. The van der Waals surface area contributed by atoms with E-state index in [0.29, 0.717) is 18.8 Å². The summed E-state index contributed by atoms with van der Waals surface area (Å²) in [6.07, 6.45) is 0.796. The van der Waals surface area contributed by atoms with E-state index in [0.717, 1.165) is 17.0 Å². The number of thiophene rings is 1. The molecular formula is C12H15N3O2S. The second kappa shape index (κ2) is 6.32. The zero-order valence-corrected chi connectivity index (χ0v) is 10.9. The van der Waals surface area contributed by atoms with Crippen LogP contribution >= 0.6 is 11.3 Å². The molecule has 0 aromatic carbocycles. The largest absolute Gasteiger partial charge is 0.385 e. The Bertz CT molecular complexity index is 493. The standard InChI is InChI=1S/C12H15N3O2S/c1-17-6-3-5-13-12(16)10-8-9(14-15-10)11-4-2-7-18-11/h2,4,7-8H,3,5-6H2,1H3,(H,13,16)(H,14,15). The highest BCUT2D eigenvalue weighted by Crippen LogP contribution is 2.22. The van der Waals surface area contributed by atoms with Crippen LogP contribution in [0.4, 0.5) is 0 Å². The van der Waals surface area contributed by atoms with Gasteiger partial charge < -0.3 is 10.1 Å². The predicted molar refractivity (Wildman–Crippen MR) is 70.7 cm³/mol. The van der Waals surface area contributed by atoms with Crippen LogP contribution in [0.2, 0.25) is 0 Å². The maximum atomic E-state index is 11.8. The molecule has 0 aliphatic heterocycles. The maximum absolute atomic E-state index is 11.8. The molecule has 0 aliphatic carbocycles. The number of H-pyrrole nitrogens is 1. The third kappa shape index (κ3) is 3.18. The van der Waals surface area contributed by atoms with E-state index in [4.69, 9.17) is 4.74 Å². The van der Waals surface area contributed by atoms with E-state index in [1.54, 1.807) is 24.5 Å². The smallest absolute Gasteiger partial charge is 0.271 e. The number of nitrogens with zero attached hydrogens (tertiary/aromatic N) is 1. The number of ether oxygens (including phenoxy) is 1. The molecule has 0 unspecified atom stereocenters. The van der Waals surface area contributed by atoms with E-state index in [9.17, 15) is 4.79 Å². The Kier molecular flexibility index (Phi) is 4.49. The topological polar surface area (TPSA) is 67.0 Å². The summed E-state index contributed by atoms with van der Waals surface area (Å²) < 4.78 is 4.91. The summed E-state index contributed by atoms with van der Waals surface area (Å²) in [5.74, 6) is -0.162. The quantitative estimate of drug-likeness (QED) is 0.784. The first-order valence-corrected chi connectivity index (χ1v) is 6.55. The van der Waals surface area contributed by atoms with Crippen molar-refractivity contribution in [1.29, 1.82) is 0 Å². The molecule has 0 saturated carbocycles. The van der Waals surface area contributed by atoms with Gasteiger partial charge in [-0.2, -0.15) is 5.10 Å². The van der Waals surface area contributed by atoms with Gasteiger partial charge in [0.25, 0.3) is 5.91 Å². The van der Waals surface area contributed by atoms with E-state index in [1.807, 2.05) is 17.5 Å². The van der Waals surface area contributed by atoms with Gasteiger partial charge in [-0.25, -0.2) is 0 Å². The molecule has 2 rings (SSSR count). The fraction of sp³-hybridized carbons (Fsp3) is 0.333. The van der Waals surface area contributed by atoms with Crippen molar-refractivity contribution in [3.05, 3.63) is 29.3 Å². The number of aromatic nitrogens is 2. The summed E-state index contributed by atoms with van der Waals surface area (Å²) in [7, 11) is 1.64. The molecule has 0 aliphatic rings. The molecule has 0 fully saturated rings. The average Bonchev–Trinajstić information content (AvgIpc) is 3.03. The van der Waals surface area contributed by atoms with Crippen LogP contribution < -0.4 is 5.32 Å². The van der Waals surface area contributed by atoms with Crippen LogP contribution in [0.5, 0.6) is 0 Å². The molecule has 0 radical (unpaired) electrons. The number of hydrogen-bond acceptors (Lipinski definition) is 4. The maximum Gasteiger partial charge on any atom is 0.271 e. The van der Waals surface area contributed by atoms with Gasteiger partial charge in [-0.1, -0.05) is 6.07 Å². The van der Waals surface area contributed by atoms with E-state index < -0.39 is 0 Å². The van der Waals surface area contributed by atoms with Crippen molar-refractivity contribution in [3.63, 3.8) is 0 Å². The minimum atomic E-state index is -0.162. The van der Waals surface area contributed by atoms with Gasteiger partial charge in [0.05, 0.1) is 10.6 Å². The summed E-state index contributed by atoms with van der Waals surface area (Å²) in [4.78, 5) is 12.8. The van der Waals surface area contributed by atoms with Crippen LogP contribution in [-0.4, -0.2) is 36.4 Å². The lowest BCUT2D eigenvalue weighted by Gasteiger charge is -2.01. The molecule has 0 bridgehead atoms. The van der Waals surface area contributed by atoms with Gasteiger partial charge in [0.15, 0.2) is 5.69 Å². The average molecular weight is 265 g/mol. The van der Waals surface area contributed by atoms with E-state index in [1.165, 1.54) is 0 Å². The third-order valence-corrected chi connectivity index (χ3v) is 3.31. The number of carbonyl (C=O) groups excluding carboxylic acids is 1. The third-order valence-electron chi connectivity index (χ3n) is 2.41. The minimum Gasteiger partial charge on any atom is -0.385 e. The van der Waals surface area contributed by atoms with Crippen LogP contribution in [0, 0.1) is 0 Å². The second-order valence-electron chi connectivity index (χ2n) is 3.75. The van der Waals surface area contributed by atoms with Crippen molar-refractivity contribution in [2.45, 2.75) is 6.42 Å². The zero-order chi connectivity index (χ0) is 12.8. The van der Waals surface area contributed by atoms with Crippen molar-refractivity contribution >= 4 is 17.2 Å². The Morgan fingerprint density at radius 2 is 2.50 bits per heavy atom. The predicted octanol–water partition coefficient (Wildman–Crippen LogP) is 1.90. The Labute approximate surface area is 109 Å². The minimum absolute atomic E-state index is 0.162. The van der Waals surface area contributed by atoms with Gasteiger partial charge in [-0.15, -0.1) is 11.3 Å². The number of carbonyl (C=O) groups is 1. The van der Waals surface area contributed by atoms with Gasteiger partial charge >= 0.3 is 0 Å². The first-order valence-electron chi connectivity index (χ1n) is 5.67. The van der Waals surface area contributed by atoms with Gasteiger partial charge in [0.1, 0.15) is 0 Å². The number of rotatable bonds is 6. The molecule has 2 N–H and O–H groups in total. The molecule has 1 amide bonds. The molecule has 0 spiro atoms. The van der Waals surface area contributed by atoms with Crippen molar-refractivity contribution < 1.29 is 9.53 Å². The Morgan fingerprint density at radius 3 is 3.22 bits per heavy atom. The van der Waals surface area contributed by atoms with E-state index in [-0.39, 0.29) is 5.91 Å². The second-order valence-corrected chi connectivity index (χ2v) is 4.69. The summed E-state index contributed by atoms with van der Waals surface area (Å²) in [6, 6.07) is 5.71. The number of amides is 1. The molecule has 0 atom stereocenters. The Balaban J connectivity index is 1.91. The molecule has 18 heavy (non-hydrogen) atoms. The van der Waals surface area contributed by atoms with Crippen molar-refractivity contribution in [2.75, 3.05) is 20.3 Å². The first kappa shape index (κ1) is 12.8. The lowest BCUT2D eigenvalue weighted by atomic mass is 10.3. The van der Waals surface area contributed by atoms with E-state index in [2.05, 4.69) is 15.5 Å². The highest BCUT2D eigenvalue weighted by Gasteiger charge is 2.11. The molecule has 2 heterocycles. The SMILES string of the molecule is COCCCNC(=O)c1cc(-c2cccs2)[nH]n1. The van der Waals surface area contributed by atoms with Crippen LogP contribution in [0.1, 0.15) is 16.9 Å². The highest BCUT2D eigenvalue weighted by atomic mass is 32.1. The molecule has 2 aromatic rings. The Hall–Kier alpha value is -1.66. The molecule has 2 aromatic heterocycles. The lowest BCUT2D eigenvalue weighted by Crippen LogP contribution is -2.25. The molecule has 5 nitrogen and oxygen atoms in total. The number of nitrogens with one attached hydrogen (secondary N) is 2. The number of hydrogen-bond donors (Lipinski definition) is 2. The van der Waals surface area contributed by atoms with Crippen LogP contribution in [0.25, 0.3) is 10.6 Å². The summed E-state index contributed by atoms with van der Waals surface area (Å²) >= 11 is 1.61. The van der Waals surface area contributed by atoms with Gasteiger partial charge in [0, 0.05) is 20.3 Å². The molecule has 0 saturated heterocycles. The fourth-order valence-corrected chi connectivity index (χ4v) is 2.20. The lowest BCUT2D eigenvalue weighted by molar-refractivity contribution is 0.0943. The molecule has 96 valence electrons. The highest BCUT2D eigenvalue weighted by molar-refractivity contribution is 7.13. The van der Waals surface area contributed by atoms with Crippen LogP contribution in [0.3, 0.4) is 0 Å². The normalized spacial score (nSPS) is 10.5.